The van der Waals surface area contributed by atoms with Gasteiger partial charge >= 0.3 is 0 Å². The molecule has 2 rings (SSSR count). The summed E-state index contributed by atoms with van der Waals surface area (Å²) in [6.45, 7) is 4.20. The zero-order chi connectivity index (χ0) is 14.4. The first kappa shape index (κ1) is 14.9. The van der Waals surface area contributed by atoms with Gasteiger partial charge in [0.25, 0.3) is 0 Å². The lowest BCUT2D eigenvalue weighted by Gasteiger charge is -2.09. The molecule has 3 nitrogen and oxygen atoms in total. The van der Waals surface area contributed by atoms with Crippen molar-refractivity contribution in [2.45, 2.75) is 38.1 Å². The Morgan fingerprint density at radius 1 is 1.15 bits per heavy atom. The van der Waals surface area contributed by atoms with Crippen LogP contribution in [-0.2, 0) is 6.42 Å². The Kier molecular flexibility index (Phi) is 5.41. The van der Waals surface area contributed by atoms with Crippen molar-refractivity contribution in [2.24, 2.45) is 0 Å². The van der Waals surface area contributed by atoms with Gasteiger partial charge in [0.05, 0.1) is 11.4 Å². The summed E-state index contributed by atoms with van der Waals surface area (Å²) < 4.78 is 0. The zero-order valence-electron chi connectivity index (χ0n) is 12.1. The third-order valence-electron chi connectivity index (χ3n) is 3.08. The molecule has 1 heterocycles. The zero-order valence-corrected chi connectivity index (χ0v) is 12.9. The van der Waals surface area contributed by atoms with Gasteiger partial charge in [-0.1, -0.05) is 43.7 Å². The van der Waals surface area contributed by atoms with Crippen LogP contribution in [0.25, 0.3) is 0 Å². The predicted octanol–water partition coefficient (Wildman–Crippen LogP) is 3.85. The van der Waals surface area contributed by atoms with Crippen LogP contribution in [0.5, 0.6) is 0 Å². The molecule has 0 fully saturated rings. The van der Waals surface area contributed by atoms with Crippen LogP contribution in [-0.4, -0.2) is 15.7 Å². The largest absolute Gasteiger partial charge is 0.382 e. The molecule has 2 N–H and O–H groups in total. The molecular formula is C16H21N3S. The third kappa shape index (κ3) is 3.97. The lowest BCUT2D eigenvalue weighted by molar-refractivity contribution is 0.888. The minimum atomic E-state index is 0.554. The van der Waals surface area contributed by atoms with Gasteiger partial charge in [0.15, 0.2) is 0 Å². The molecule has 0 saturated carbocycles. The maximum atomic E-state index is 6.06. The molecule has 1 aromatic carbocycles. The summed E-state index contributed by atoms with van der Waals surface area (Å²) in [5, 5.41) is 0.966. The van der Waals surface area contributed by atoms with Crippen molar-refractivity contribution < 1.29 is 0 Å². The van der Waals surface area contributed by atoms with Crippen molar-refractivity contribution in [1.82, 2.24) is 9.97 Å². The maximum absolute atomic E-state index is 6.06. The van der Waals surface area contributed by atoms with Crippen molar-refractivity contribution in [1.29, 1.82) is 0 Å². The molecule has 1 aromatic heterocycles. The van der Waals surface area contributed by atoms with Crippen LogP contribution in [0.15, 0.2) is 35.4 Å². The van der Waals surface area contributed by atoms with Gasteiger partial charge in [0.2, 0.25) is 0 Å². The summed E-state index contributed by atoms with van der Waals surface area (Å²) in [6.07, 6.45) is 3.12. The van der Waals surface area contributed by atoms with Crippen LogP contribution >= 0.6 is 11.8 Å². The third-order valence-corrected chi connectivity index (χ3v) is 4.23. The van der Waals surface area contributed by atoms with E-state index < -0.39 is 0 Å². The first-order valence-electron chi connectivity index (χ1n) is 7.00. The number of aryl methyl sites for hydroxylation is 1. The highest BCUT2D eigenvalue weighted by Gasteiger charge is 2.09. The van der Waals surface area contributed by atoms with Crippen molar-refractivity contribution in [2.75, 3.05) is 11.5 Å². The number of benzene rings is 1. The minimum Gasteiger partial charge on any atom is -0.382 e. The molecule has 0 saturated heterocycles. The van der Waals surface area contributed by atoms with Crippen molar-refractivity contribution in [3.63, 3.8) is 0 Å². The smallest absolute Gasteiger partial charge is 0.146 e. The van der Waals surface area contributed by atoms with Gasteiger partial charge < -0.3 is 5.73 Å². The normalized spacial score (nSPS) is 10.7. The van der Waals surface area contributed by atoms with Crippen LogP contribution in [0.3, 0.4) is 0 Å². The molecule has 0 unspecified atom stereocenters. The van der Waals surface area contributed by atoms with E-state index in [0.29, 0.717) is 5.82 Å². The summed E-state index contributed by atoms with van der Waals surface area (Å²) >= 11 is 1.75. The Hall–Kier alpha value is -1.55. The quantitative estimate of drug-likeness (QED) is 0.647. The number of hydrogen-bond donors (Lipinski definition) is 1. The SMILES string of the molecule is CCCCSc1nc(N)c(Cc2ccccc2)nc1C. The van der Waals surface area contributed by atoms with E-state index >= 15 is 0 Å². The Morgan fingerprint density at radius 3 is 2.60 bits per heavy atom. The van der Waals surface area contributed by atoms with E-state index in [9.17, 15) is 0 Å². The molecule has 0 aliphatic carbocycles. The number of aromatic nitrogens is 2. The molecule has 0 spiro atoms. The van der Waals surface area contributed by atoms with Crippen molar-refractivity contribution in [3.8, 4) is 0 Å². The lowest BCUT2D eigenvalue weighted by atomic mass is 10.1. The maximum Gasteiger partial charge on any atom is 0.146 e. The minimum absolute atomic E-state index is 0.554. The van der Waals surface area contributed by atoms with E-state index in [4.69, 9.17) is 5.73 Å². The number of rotatable bonds is 6. The van der Waals surface area contributed by atoms with Crippen LogP contribution in [0, 0.1) is 6.92 Å². The van der Waals surface area contributed by atoms with E-state index in [1.165, 1.54) is 18.4 Å². The van der Waals surface area contributed by atoms with Crippen LogP contribution in [0.2, 0.25) is 0 Å². The van der Waals surface area contributed by atoms with Crippen LogP contribution in [0.4, 0.5) is 5.82 Å². The second-order valence-corrected chi connectivity index (χ2v) is 5.89. The average Bonchev–Trinajstić information content (AvgIpc) is 2.45. The number of nitrogens with two attached hydrogens (primary N) is 1. The standard InChI is InChI=1S/C16H21N3S/c1-3-4-10-20-16-12(2)18-14(15(17)19-16)11-13-8-6-5-7-9-13/h5-9H,3-4,10-11H2,1-2H3,(H2,17,19). The summed E-state index contributed by atoms with van der Waals surface area (Å²) in [4.78, 5) is 9.16. The highest BCUT2D eigenvalue weighted by atomic mass is 32.2. The molecule has 20 heavy (non-hydrogen) atoms. The van der Waals surface area contributed by atoms with E-state index in [0.717, 1.165) is 28.6 Å². The molecule has 0 bridgehead atoms. The van der Waals surface area contributed by atoms with Crippen molar-refractivity contribution >= 4 is 17.6 Å². The molecule has 0 atom stereocenters. The summed E-state index contributed by atoms with van der Waals surface area (Å²) in [5.41, 5.74) is 9.11. The molecule has 0 amide bonds. The van der Waals surface area contributed by atoms with Gasteiger partial charge in [-0.15, -0.1) is 11.8 Å². The fraction of sp³-hybridized carbons (Fsp3) is 0.375. The van der Waals surface area contributed by atoms with Gasteiger partial charge in [-0.05, 0) is 24.7 Å². The highest BCUT2D eigenvalue weighted by Crippen LogP contribution is 2.23. The molecular weight excluding hydrogens is 266 g/mol. The van der Waals surface area contributed by atoms with Crippen LogP contribution in [0.1, 0.15) is 36.7 Å². The Bertz CT molecular complexity index is 555. The summed E-state index contributed by atoms with van der Waals surface area (Å²) in [7, 11) is 0. The Morgan fingerprint density at radius 2 is 1.90 bits per heavy atom. The second-order valence-electron chi connectivity index (χ2n) is 4.81. The predicted molar refractivity (Wildman–Crippen MR) is 86.1 cm³/mol. The van der Waals surface area contributed by atoms with Crippen molar-refractivity contribution in [3.05, 3.63) is 47.3 Å². The van der Waals surface area contributed by atoms with Gasteiger partial charge in [0, 0.05) is 6.42 Å². The first-order valence-corrected chi connectivity index (χ1v) is 7.99. The summed E-state index contributed by atoms with van der Waals surface area (Å²) in [5.74, 6) is 1.63. The second kappa shape index (κ2) is 7.29. The Labute approximate surface area is 125 Å². The topological polar surface area (TPSA) is 51.8 Å². The van der Waals surface area contributed by atoms with E-state index in [1.54, 1.807) is 11.8 Å². The number of anilines is 1. The number of hydrogen-bond acceptors (Lipinski definition) is 4. The molecule has 4 heteroatoms. The van der Waals surface area contributed by atoms with Crippen LogP contribution < -0.4 is 5.73 Å². The molecule has 0 aliphatic heterocycles. The highest BCUT2D eigenvalue weighted by molar-refractivity contribution is 7.99. The number of nitrogen functional groups attached to an aromatic ring is 1. The fourth-order valence-electron chi connectivity index (χ4n) is 1.93. The van der Waals surface area contributed by atoms with E-state index in [1.807, 2.05) is 25.1 Å². The Balaban J connectivity index is 2.13. The molecule has 106 valence electrons. The molecule has 2 aromatic rings. The first-order chi connectivity index (χ1) is 9.70. The summed E-state index contributed by atoms with van der Waals surface area (Å²) in [6, 6.07) is 10.2. The lowest BCUT2D eigenvalue weighted by Crippen LogP contribution is -2.05. The number of thioether (sulfide) groups is 1. The fourth-order valence-corrected chi connectivity index (χ4v) is 2.98. The van der Waals surface area contributed by atoms with Gasteiger partial charge in [0.1, 0.15) is 10.8 Å². The van der Waals surface area contributed by atoms with Gasteiger partial charge in [-0.25, -0.2) is 4.98 Å². The van der Waals surface area contributed by atoms with Gasteiger partial charge in [-0.3, -0.25) is 4.98 Å². The monoisotopic (exact) mass is 287 g/mol. The van der Waals surface area contributed by atoms with Gasteiger partial charge in [-0.2, -0.15) is 0 Å². The number of unbranched alkanes of at least 4 members (excludes halogenated alkanes) is 1. The van der Waals surface area contributed by atoms with E-state index in [2.05, 4.69) is 29.0 Å². The van der Waals surface area contributed by atoms with E-state index in [-0.39, 0.29) is 0 Å². The number of nitrogens with zero attached hydrogens (tertiary/aromatic N) is 2. The molecule has 0 aliphatic rings. The average molecular weight is 287 g/mol. The molecule has 0 radical (unpaired) electrons.